The molecule has 11 heteroatoms. The van der Waals surface area contributed by atoms with Crippen LogP contribution in [0, 0.1) is 11.3 Å². The SMILES string of the molecule is CN(C)c1ncc(CNC(=O)OC2CCc3c(sc(NC(=O)/C=C/c4cccs4)c3C#N)C2)s1. The topological polar surface area (TPSA) is 107 Å². The van der Waals surface area contributed by atoms with Crippen LogP contribution in [0.4, 0.5) is 14.9 Å². The predicted octanol–water partition coefficient (Wildman–Crippen LogP) is 4.64. The monoisotopic (exact) mass is 513 g/mol. The van der Waals surface area contributed by atoms with Crippen molar-refractivity contribution in [2.45, 2.75) is 31.9 Å². The first kappa shape index (κ1) is 23.9. The standard InChI is InChI=1S/C23H23N5O3S3/c1-28(2)22-25-12-16(33-22)13-26-23(30)31-14-5-7-17-18(11-24)21(34-19(17)10-14)27-20(29)8-6-15-4-3-9-32-15/h3-4,6,8-9,12,14H,5,7,10,13H2,1-2H3,(H,26,30)(H,27,29)/b8-6+. The van der Waals surface area contributed by atoms with Crippen LogP contribution < -0.4 is 15.5 Å². The number of nitriles is 1. The van der Waals surface area contributed by atoms with E-state index in [-0.39, 0.29) is 12.0 Å². The molecule has 0 radical (unpaired) electrons. The number of carbonyl (C=O) groups is 2. The Kier molecular flexibility index (Phi) is 7.62. The molecule has 0 saturated heterocycles. The highest BCUT2D eigenvalue weighted by molar-refractivity contribution is 7.16. The van der Waals surface area contributed by atoms with Gasteiger partial charge >= 0.3 is 6.09 Å². The first-order valence-corrected chi connectivity index (χ1v) is 13.1. The molecule has 4 rings (SSSR count). The summed E-state index contributed by atoms with van der Waals surface area (Å²) in [6.07, 6.45) is 5.97. The van der Waals surface area contributed by atoms with Gasteiger partial charge in [0.15, 0.2) is 5.13 Å². The number of alkyl carbamates (subject to hydrolysis) is 1. The molecule has 176 valence electrons. The Morgan fingerprint density at radius 1 is 1.38 bits per heavy atom. The summed E-state index contributed by atoms with van der Waals surface area (Å²) < 4.78 is 5.62. The number of thiazole rings is 1. The first-order chi connectivity index (χ1) is 16.4. The number of nitrogens with one attached hydrogen (secondary N) is 2. The van der Waals surface area contributed by atoms with Gasteiger partial charge in [-0.05, 0) is 35.9 Å². The lowest BCUT2D eigenvalue weighted by Crippen LogP contribution is -2.31. The molecule has 0 aliphatic heterocycles. The smallest absolute Gasteiger partial charge is 0.407 e. The molecule has 0 spiro atoms. The molecule has 0 bridgehead atoms. The second-order valence-electron chi connectivity index (χ2n) is 7.78. The van der Waals surface area contributed by atoms with Crippen LogP contribution in [0.5, 0.6) is 0 Å². The maximum absolute atomic E-state index is 12.3. The Hall–Kier alpha value is -3.20. The summed E-state index contributed by atoms with van der Waals surface area (Å²) in [6.45, 7) is 0.356. The summed E-state index contributed by atoms with van der Waals surface area (Å²) in [5.74, 6) is -0.281. The average Bonchev–Trinajstić information content (AvgIpc) is 3.55. The number of hydrogen-bond donors (Lipinski definition) is 2. The van der Waals surface area contributed by atoms with Crippen molar-refractivity contribution in [2.75, 3.05) is 24.3 Å². The largest absolute Gasteiger partial charge is 0.446 e. The number of aromatic nitrogens is 1. The fourth-order valence-corrected chi connectivity index (χ4v) is 6.15. The fraction of sp³-hybridized carbons (Fsp3) is 0.304. The van der Waals surface area contributed by atoms with Crippen LogP contribution in [-0.4, -0.2) is 37.2 Å². The third kappa shape index (κ3) is 5.83. The van der Waals surface area contributed by atoms with Gasteiger partial charge in [-0.3, -0.25) is 4.79 Å². The Morgan fingerprint density at radius 2 is 2.24 bits per heavy atom. The van der Waals surface area contributed by atoms with Crippen molar-refractivity contribution < 1.29 is 14.3 Å². The van der Waals surface area contributed by atoms with Gasteiger partial charge in [0.1, 0.15) is 17.2 Å². The zero-order valence-corrected chi connectivity index (χ0v) is 21.1. The van der Waals surface area contributed by atoms with Crippen molar-refractivity contribution >= 4 is 62.2 Å². The minimum absolute atomic E-state index is 0.279. The molecular formula is C23H23N5O3S3. The van der Waals surface area contributed by atoms with Gasteiger partial charge in [-0.25, -0.2) is 9.78 Å². The Labute approximate surface area is 209 Å². The third-order valence-corrected chi connectivity index (χ3v) is 8.29. The summed E-state index contributed by atoms with van der Waals surface area (Å²) in [5.41, 5.74) is 1.44. The molecule has 3 heterocycles. The van der Waals surface area contributed by atoms with Crippen LogP contribution in [0.25, 0.3) is 6.08 Å². The van der Waals surface area contributed by atoms with E-state index in [1.54, 1.807) is 23.6 Å². The van der Waals surface area contributed by atoms with Gasteiger partial charge in [0.2, 0.25) is 5.91 Å². The maximum Gasteiger partial charge on any atom is 0.407 e. The lowest BCUT2D eigenvalue weighted by molar-refractivity contribution is -0.111. The molecule has 3 aromatic heterocycles. The second kappa shape index (κ2) is 10.8. The Morgan fingerprint density at radius 3 is 2.94 bits per heavy atom. The Bertz CT molecular complexity index is 1240. The Balaban J connectivity index is 1.33. The van der Waals surface area contributed by atoms with Gasteiger partial charge in [0.25, 0.3) is 0 Å². The molecule has 3 aromatic rings. The van der Waals surface area contributed by atoms with Crippen molar-refractivity contribution in [3.05, 3.63) is 55.5 Å². The van der Waals surface area contributed by atoms with Crippen molar-refractivity contribution in [1.29, 1.82) is 5.26 Å². The number of carbonyl (C=O) groups excluding carboxylic acids is 2. The van der Waals surface area contributed by atoms with Crippen molar-refractivity contribution in [2.24, 2.45) is 0 Å². The highest BCUT2D eigenvalue weighted by atomic mass is 32.1. The van der Waals surface area contributed by atoms with E-state index in [1.807, 2.05) is 36.5 Å². The first-order valence-electron chi connectivity index (χ1n) is 10.6. The number of hydrogen-bond acceptors (Lipinski definition) is 9. The molecule has 0 fully saturated rings. The molecular weight excluding hydrogens is 490 g/mol. The van der Waals surface area contributed by atoms with E-state index >= 15 is 0 Å². The van der Waals surface area contributed by atoms with Crippen LogP contribution in [0.15, 0.2) is 29.8 Å². The summed E-state index contributed by atoms with van der Waals surface area (Å²) in [5, 5.41) is 18.6. The lowest BCUT2D eigenvalue weighted by atomic mass is 9.94. The number of thiophene rings is 2. The van der Waals surface area contributed by atoms with Crippen molar-refractivity contribution in [3.8, 4) is 6.07 Å². The van der Waals surface area contributed by atoms with Crippen LogP contribution in [-0.2, 0) is 28.9 Å². The molecule has 1 aliphatic rings. The molecule has 1 atom stereocenters. The highest BCUT2D eigenvalue weighted by Crippen LogP contribution is 2.38. The quantitative estimate of drug-likeness (QED) is 0.446. The zero-order valence-electron chi connectivity index (χ0n) is 18.7. The molecule has 0 saturated carbocycles. The molecule has 0 aromatic carbocycles. The number of ether oxygens (including phenoxy) is 1. The van der Waals surface area contributed by atoms with E-state index in [0.29, 0.717) is 36.4 Å². The lowest BCUT2D eigenvalue weighted by Gasteiger charge is -2.22. The normalized spacial score (nSPS) is 14.9. The fourth-order valence-electron chi connectivity index (χ4n) is 3.50. The number of amides is 2. The van der Waals surface area contributed by atoms with Gasteiger partial charge in [-0.2, -0.15) is 5.26 Å². The third-order valence-electron chi connectivity index (χ3n) is 5.12. The molecule has 2 N–H and O–H groups in total. The van der Waals surface area contributed by atoms with E-state index < -0.39 is 6.09 Å². The van der Waals surface area contributed by atoms with Gasteiger partial charge in [0, 0.05) is 47.4 Å². The van der Waals surface area contributed by atoms with Crippen molar-refractivity contribution in [1.82, 2.24) is 10.3 Å². The minimum atomic E-state index is -0.474. The molecule has 2 amide bonds. The molecule has 1 aliphatic carbocycles. The second-order valence-corrected chi connectivity index (χ2v) is 11.0. The van der Waals surface area contributed by atoms with Crippen molar-refractivity contribution in [3.63, 3.8) is 0 Å². The number of nitrogens with zero attached hydrogens (tertiary/aromatic N) is 3. The van der Waals surface area contributed by atoms with Crippen LogP contribution in [0.1, 0.15) is 32.2 Å². The maximum atomic E-state index is 12.3. The summed E-state index contributed by atoms with van der Waals surface area (Å²) in [6, 6.07) is 6.07. The summed E-state index contributed by atoms with van der Waals surface area (Å²) >= 11 is 4.43. The number of rotatable bonds is 7. The van der Waals surface area contributed by atoms with E-state index in [2.05, 4.69) is 21.7 Å². The number of anilines is 2. The van der Waals surface area contributed by atoms with Crippen LogP contribution in [0.3, 0.4) is 0 Å². The zero-order chi connectivity index (χ0) is 24.1. The van der Waals surface area contributed by atoms with Gasteiger partial charge in [0.05, 0.1) is 12.1 Å². The van der Waals surface area contributed by atoms with E-state index in [0.717, 1.165) is 25.3 Å². The number of fused-ring (bicyclic) bond motifs is 1. The predicted molar refractivity (Wildman–Crippen MR) is 137 cm³/mol. The summed E-state index contributed by atoms with van der Waals surface area (Å²) in [4.78, 5) is 33.8. The summed E-state index contributed by atoms with van der Waals surface area (Å²) in [7, 11) is 3.84. The molecule has 34 heavy (non-hydrogen) atoms. The molecule has 8 nitrogen and oxygen atoms in total. The highest BCUT2D eigenvalue weighted by Gasteiger charge is 2.28. The van der Waals surface area contributed by atoms with Crippen LogP contribution >= 0.6 is 34.0 Å². The van der Waals surface area contributed by atoms with Gasteiger partial charge < -0.3 is 20.3 Å². The average molecular weight is 514 g/mol. The van der Waals surface area contributed by atoms with Gasteiger partial charge in [-0.1, -0.05) is 6.07 Å². The van der Waals surface area contributed by atoms with E-state index in [1.165, 1.54) is 28.7 Å². The van der Waals surface area contributed by atoms with E-state index in [9.17, 15) is 14.9 Å². The van der Waals surface area contributed by atoms with Gasteiger partial charge in [-0.15, -0.1) is 34.0 Å². The van der Waals surface area contributed by atoms with Crippen LogP contribution in [0.2, 0.25) is 0 Å². The minimum Gasteiger partial charge on any atom is -0.446 e. The molecule has 1 unspecified atom stereocenters. The van der Waals surface area contributed by atoms with E-state index in [4.69, 9.17) is 4.74 Å².